The van der Waals surface area contributed by atoms with Crippen LogP contribution in [0.4, 0.5) is 0 Å². The van der Waals surface area contributed by atoms with Crippen molar-refractivity contribution in [1.29, 1.82) is 0 Å². The molecule has 3 nitrogen and oxygen atoms in total. The van der Waals surface area contributed by atoms with Crippen LogP contribution in [0.25, 0.3) is 0 Å². The lowest BCUT2D eigenvalue weighted by atomic mass is 9.98. The first-order valence-electron chi connectivity index (χ1n) is 5.11. The number of methoxy groups -OCH3 is 1. The molecule has 15 heavy (non-hydrogen) atoms. The highest BCUT2D eigenvalue weighted by atomic mass is 32.1. The fourth-order valence-electron chi connectivity index (χ4n) is 1.25. The maximum absolute atomic E-state index is 5.16. The molecule has 1 aromatic rings. The quantitative estimate of drug-likeness (QED) is 0.858. The van der Waals surface area contributed by atoms with Gasteiger partial charge >= 0.3 is 0 Å². The van der Waals surface area contributed by atoms with E-state index < -0.39 is 0 Å². The van der Waals surface area contributed by atoms with Crippen LogP contribution in [0, 0.1) is 0 Å². The first-order valence-corrected chi connectivity index (χ1v) is 5.93. The van der Waals surface area contributed by atoms with Crippen molar-refractivity contribution in [2.45, 2.75) is 39.3 Å². The van der Waals surface area contributed by atoms with Gasteiger partial charge in [-0.1, -0.05) is 20.8 Å². The minimum atomic E-state index is 0.124. The van der Waals surface area contributed by atoms with Crippen LogP contribution in [0.3, 0.4) is 0 Å². The van der Waals surface area contributed by atoms with Crippen LogP contribution in [0.2, 0.25) is 0 Å². The number of rotatable bonds is 4. The lowest BCUT2D eigenvalue weighted by Crippen LogP contribution is -2.10. The molecule has 0 saturated heterocycles. The van der Waals surface area contributed by atoms with E-state index in [1.807, 2.05) is 7.05 Å². The first-order chi connectivity index (χ1) is 6.99. The Labute approximate surface area is 95.9 Å². The first kappa shape index (κ1) is 12.6. The third kappa shape index (κ3) is 3.26. The Morgan fingerprint density at radius 3 is 2.53 bits per heavy atom. The number of ether oxygens (including phenoxy) is 1. The van der Waals surface area contributed by atoms with Crippen LogP contribution in [-0.4, -0.2) is 19.1 Å². The molecule has 0 spiro atoms. The zero-order valence-electron chi connectivity index (χ0n) is 10.2. The molecule has 0 amide bonds. The Kier molecular flexibility index (Phi) is 4.25. The molecule has 86 valence electrons. The molecule has 0 unspecified atom stereocenters. The molecule has 0 aliphatic heterocycles. The highest BCUT2D eigenvalue weighted by molar-refractivity contribution is 7.11. The van der Waals surface area contributed by atoms with Gasteiger partial charge in [-0.3, -0.25) is 0 Å². The average molecular weight is 228 g/mol. The largest absolute Gasteiger partial charge is 0.378 e. The summed E-state index contributed by atoms with van der Waals surface area (Å²) in [5.74, 6) is 0. The average Bonchev–Trinajstić information content (AvgIpc) is 2.50. The van der Waals surface area contributed by atoms with Gasteiger partial charge in [-0.25, -0.2) is 4.98 Å². The fraction of sp³-hybridized carbons (Fsp3) is 0.727. The SMILES string of the molecule is CNCc1sc(C(C)(C)C)nc1COC. The Bertz CT molecular complexity index is 291. The van der Waals surface area contributed by atoms with Gasteiger partial charge in [-0.15, -0.1) is 11.3 Å². The van der Waals surface area contributed by atoms with E-state index in [0.29, 0.717) is 6.61 Å². The van der Waals surface area contributed by atoms with Gasteiger partial charge in [0.1, 0.15) is 0 Å². The number of nitrogens with zero attached hydrogens (tertiary/aromatic N) is 1. The van der Waals surface area contributed by atoms with Crippen molar-refractivity contribution in [3.05, 3.63) is 15.6 Å². The topological polar surface area (TPSA) is 34.2 Å². The number of hydrogen-bond donors (Lipinski definition) is 1. The minimum Gasteiger partial charge on any atom is -0.378 e. The van der Waals surface area contributed by atoms with Crippen LogP contribution in [-0.2, 0) is 23.3 Å². The molecule has 1 N–H and O–H groups in total. The summed E-state index contributed by atoms with van der Waals surface area (Å²) in [6.45, 7) is 8.03. The van der Waals surface area contributed by atoms with Crippen LogP contribution < -0.4 is 5.32 Å². The van der Waals surface area contributed by atoms with Crippen molar-refractivity contribution in [3.8, 4) is 0 Å². The van der Waals surface area contributed by atoms with E-state index in [0.717, 1.165) is 12.2 Å². The van der Waals surface area contributed by atoms with Crippen LogP contribution in [0.1, 0.15) is 36.3 Å². The number of aromatic nitrogens is 1. The van der Waals surface area contributed by atoms with E-state index in [9.17, 15) is 0 Å². The molecule has 0 atom stereocenters. The molecule has 0 saturated carbocycles. The molecular weight excluding hydrogens is 208 g/mol. The standard InChI is InChI=1S/C11H20N2OS/c1-11(2,3)10-13-8(7-14-5)9(15-10)6-12-4/h12H,6-7H2,1-5H3. The molecule has 0 bridgehead atoms. The van der Waals surface area contributed by atoms with Gasteiger partial charge in [-0.05, 0) is 7.05 Å². The predicted octanol–water partition coefficient (Wildman–Crippen LogP) is 2.31. The smallest absolute Gasteiger partial charge is 0.0986 e. The van der Waals surface area contributed by atoms with Crippen LogP contribution in [0.5, 0.6) is 0 Å². The predicted molar refractivity (Wildman–Crippen MR) is 64.3 cm³/mol. The van der Waals surface area contributed by atoms with E-state index in [-0.39, 0.29) is 5.41 Å². The van der Waals surface area contributed by atoms with Crippen molar-refractivity contribution < 1.29 is 4.74 Å². The molecule has 0 radical (unpaired) electrons. The maximum Gasteiger partial charge on any atom is 0.0986 e. The van der Waals surface area contributed by atoms with Crippen molar-refractivity contribution in [2.75, 3.05) is 14.2 Å². The van der Waals surface area contributed by atoms with Crippen LogP contribution in [0.15, 0.2) is 0 Å². The second-order valence-corrected chi connectivity index (χ2v) is 5.69. The van der Waals surface area contributed by atoms with Gasteiger partial charge in [0, 0.05) is 23.9 Å². The molecule has 1 rings (SSSR count). The number of thiazole rings is 1. The van der Waals surface area contributed by atoms with Gasteiger partial charge in [-0.2, -0.15) is 0 Å². The molecule has 0 fully saturated rings. The minimum absolute atomic E-state index is 0.124. The summed E-state index contributed by atoms with van der Waals surface area (Å²) in [6.07, 6.45) is 0. The van der Waals surface area contributed by atoms with Crippen LogP contribution >= 0.6 is 11.3 Å². The summed E-state index contributed by atoms with van der Waals surface area (Å²) < 4.78 is 5.16. The number of nitrogens with one attached hydrogen (secondary N) is 1. The zero-order valence-corrected chi connectivity index (χ0v) is 11.0. The van der Waals surface area contributed by atoms with E-state index in [4.69, 9.17) is 4.74 Å². The van der Waals surface area contributed by atoms with Gasteiger partial charge in [0.15, 0.2) is 0 Å². The van der Waals surface area contributed by atoms with Gasteiger partial charge in [0.2, 0.25) is 0 Å². The molecule has 0 aromatic carbocycles. The summed E-state index contributed by atoms with van der Waals surface area (Å²) in [6, 6.07) is 0. The van der Waals surface area contributed by atoms with Gasteiger partial charge in [0.25, 0.3) is 0 Å². The lowest BCUT2D eigenvalue weighted by molar-refractivity contribution is 0.181. The van der Waals surface area contributed by atoms with Gasteiger partial charge in [0.05, 0.1) is 17.3 Å². The molecular formula is C11H20N2OS. The molecule has 0 aliphatic carbocycles. The molecule has 4 heteroatoms. The highest BCUT2D eigenvalue weighted by Crippen LogP contribution is 2.29. The Balaban J connectivity index is 2.98. The molecule has 0 aliphatic rings. The number of hydrogen-bond acceptors (Lipinski definition) is 4. The van der Waals surface area contributed by atoms with E-state index in [1.165, 1.54) is 9.88 Å². The fourth-order valence-corrected chi connectivity index (χ4v) is 2.39. The summed E-state index contributed by atoms with van der Waals surface area (Å²) in [7, 11) is 3.66. The summed E-state index contributed by atoms with van der Waals surface area (Å²) >= 11 is 1.78. The Hall–Kier alpha value is -0.450. The summed E-state index contributed by atoms with van der Waals surface area (Å²) in [5.41, 5.74) is 1.20. The van der Waals surface area contributed by atoms with Gasteiger partial charge < -0.3 is 10.1 Å². The van der Waals surface area contributed by atoms with Crippen molar-refractivity contribution in [3.63, 3.8) is 0 Å². The third-order valence-corrected chi connectivity index (χ3v) is 3.56. The second kappa shape index (κ2) is 5.05. The van der Waals surface area contributed by atoms with E-state index >= 15 is 0 Å². The summed E-state index contributed by atoms with van der Waals surface area (Å²) in [5, 5.41) is 4.34. The van der Waals surface area contributed by atoms with Crippen molar-refractivity contribution >= 4 is 11.3 Å². The van der Waals surface area contributed by atoms with Crippen molar-refractivity contribution in [2.24, 2.45) is 0 Å². The Morgan fingerprint density at radius 2 is 2.07 bits per heavy atom. The highest BCUT2D eigenvalue weighted by Gasteiger charge is 2.20. The summed E-state index contributed by atoms with van der Waals surface area (Å²) in [4.78, 5) is 5.93. The normalized spacial score (nSPS) is 12.1. The molecule has 1 heterocycles. The van der Waals surface area contributed by atoms with Crippen molar-refractivity contribution in [1.82, 2.24) is 10.3 Å². The van der Waals surface area contributed by atoms with E-state index in [2.05, 4.69) is 31.1 Å². The molecule has 1 aromatic heterocycles. The Morgan fingerprint density at radius 1 is 1.40 bits per heavy atom. The maximum atomic E-state index is 5.16. The monoisotopic (exact) mass is 228 g/mol. The second-order valence-electron chi connectivity index (χ2n) is 4.60. The lowest BCUT2D eigenvalue weighted by Gasteiger charge is -2.13. The third-order valence-electron chi connectivity index (χ3n) is 2.04. The zero-order chi connectivity index (χ0) is 11.5. The van der Waals surface area contributed by atoms with E-state index in [1.54, 1.807) is 18.4 Å².